The maximum absolute atomic E-state index is 11.5. The molecule has 0 aliphatic carbocycles. The first-order valence-corrected chi connectivity index (χ1v) is 6.09. The summed E-state index contributed by atoms with van der Waals surface area (Å²) >= 11 is 5.45. The second kappa shape index (κ2) is 8.01. The Morgan fingerprint density at radius 2 is 2.16 bits per heavy atom. The fraction of sp³-hybridized carbons (Fsp3) is 0.231. The summed E-state index contributed by atoms with van der Waals surface area (Å²) in [4.78, 5) is 11.5. The number of nitrogens with one attached hydrogen (secondary N) is 2. The predicted molar refractivity (Wildman–Crippen MR) is 74.0 cm³/mol. The van der Waals surface area contributed by atoms with Gasteiger partial charge in [-0.2, -0.15) is 5.26 Å². The number of rotatable bonds is 6. The van der Waals surface area contributed by atoms with E-state index in [0.717, 1.165) is 11.4 Å². The van der Waals surface area contributed by atoms with Crippen LogP contribution in [0.3, 0.4) is 0 Å². The highest BCUT2D eigenvalue weighted by molar-refractivity contribution is 6.18. The molecule has 0 saturated heterocycles. The van der Waals surface area contributed by atoms with Gasteiger partial charge in [0.25, 0.3) is 5.91 Å². The lowest BCUT2D eigenvalue weighted by molar-refractivity contribution is -0.117. The number of hydrogen-bond donors (Lipinski definition) is 2. The minimum absolute atomic E-state index is 0.0130. The Balaban J connectivity index is 2.66. The summed E-state index contributed by atoms with van der Waals surface area (Å²) in [5.41, 5.74) is 0.736. The highest BCUT2D eigenvalue weighted by atomic mass is 35.5. The lowest BCUT2D eigenvalue weighted by Crippen LogP contribution is -2.26. The molecule has 2 N–H and O–H groups in total. The van der Waals surface area contributed by atoms with Crippen LogP contribution in [-0.2, 0) is 4.79 Å². The van der Waals surface area contributed by atoms with Gasteiger partial charge in [0.05, 0.1) is 7.11 Å². The van der Waals surface area contributed by atoms with Crippen LogP contribution >= 0.6 is 11.6 Å². The molecule has 0 unspecified atom stereocenters. The largest absolute Gasteiger partial charge is 0.497 e. The molecular weight excluding hydrogens is 266 g/mol. The zero-order valence-electron chi connectivity index (χ0n) is 10.4. The molecule has 0 aliphatic rings. The zero-order chi connectivity index (χ0) is 14.1. The van der Waals surface area contributed by atoms with Crippen LogP contribution in [0.4, 0.5) is 5.69 Å². The van der Waals surface area contributed by atoms with E-state index in [-0.39, 0.29) is 5.57 Å². The fourth-order valence-corrected chi connectivity index (χ4v) is 1.34. The molecule has 1 rings (SSSR count). The van der Waals surface area contributed by atoms with Crippen molar-refractivity contribution in [3.05, 3.63) is 36.0 Å². The van der Waals surface area contributed by atoms with Crippen molar-refractivity contribution >= 4 is 23.2 Å². The summed E-state index contributed by atoms with van der Waals surface area (Å²) in [6, 6.07) is 8.93. The minimum Gasteiger partial charge on any atom is -0.497 e. The summed E-state index contributed by atoms with van der Waals surface area (Å²) in [5.74, 6) is 0.579. The van der Waals surface area contributed by atoms with Gasteiger partial charge in [-0.25, -0.2) is 0 Å². The molecule has 0 fully saturated rings. The van der Waals surface area contributed by atoms with Gasteiger partial charge in [-0.15, -0.1) is 11.6 Å². The summed E-state index contributed by atoms with van der Waals surface area (Å²) in [6.45, 7) is 0.321. The standard InChI is InChI=1S/C13H14ClN3O2/c1-19-12-4-2-11(3-5-12)17-9-10(8-15)13(18)16-7-6-14/h2-5,9,17H,6-7H2,1H3,(H,16,18)/b10-9-. The molecule has 0 aromatic heterocycles. The number of nitriles is 1. The van der Waals surface area contributed by atoms with Crippen LogP contribution in [0.15, 0.2) is 36.0 Å². The highest BCUT2D eigenvalue weighted by Gasteiger charge is 2.07. The maximum Gasteiger partial charge on any atom is 0.263 e. The first-order valence-electron chi connectivity index (χ1n) is 5.56. The van der Waals surface area contributed by atoms with Crippen LogP contribution in [0.1, 0.15) is 0 Å². The summed E-state index contributed by atoms with van der Waals surface area (Å²) in [5, 5.41) is 14.3. The van der Waals surface area contributed by atoms with E-state index in [9.17, 15) is 4.79 Å². The number of halogens is 1. The number of hydrogen-bond acceptors (Lipinski definition) is 4. The van der Waals surface area contributed by atoms with Crippen LogP contribution in [-0.4, -0.2) is 25.4 Å². The van der Waals surface area contributed by atoms with Crippen molar-refractivity contribution in [1.29, 1.82) is 5.26 Å². The first kappa shape index (κ1) is 14.9. The van der Waals surface area contributed by atoms with E-state index in [1.807, 2.05) is 6.07 Å². The van der Waals surface area contributed by atoms with Gasteiger partial charge in [-0.1, -0.05) is 0 Å². The van der Waals surface area contributed by atoms with E-state index in [4.69, 9.17) is 21.6 Å². The van der Waals surface area contributed by atoms with Gasteiger partial charge in [0.15, 0.2) is 0 Å². The number of alkyl halides is 1. The van der Waals surface area contributed by atoms with Gasteiger partial charge in [-0.05, 0) is 24.3 Å². The number of amides is 1. The normalized spacial score (nSPS) is 10.5. The van der Waals surface area contributed by atoms with E-state index < -0.39 is 5.91 Å². The number of benzene rings is 1. The Labute approximate surface area is 116 Å². The molecule has 0 saturated carbocycles. The zero-order valence-corrected chi connectivity index (χ0v) is 11.2. The Bertz CT molecular complexity index is 492. The number of carbonyl (C=O) groups is 1. The molecule has 0 spiro atoms. The van der Waals surface area contributed by atoms with Crippen molar-refractivity contribution in [3.63, 3.8) is 0 Å². The lowest BCUT2D eigenvalue weighted by atomic mass is 10.2. The van der Waals surface area contributed by atoms with E-state index >= 15 is 0 Å². The second-order valence-corrected chi connectivity index (χ2v) is 3.87. The molecule has 100 valence electrons. The van der Waals surface area contributed by atoms with Gasteiger partial charge < -0.3 is 15.4 Å². The average Bonchev–Trinajstić information content (AvgIpc) is 2.46. The molecule has 6 heteroatoms. The Morgan fingerprint density at radius 1 is 1.47 bits per heavy atom. The third kappa shape index (κ3) is 4.90. The average molecular weight is 280 g/mol. The second-order valence-electron chi connectivity index (χ2n) is 3.49. The van der Waals surface area contributed by atoms with Gasteiger partial charge in [0.1, 0.15) is 17.4 Å². The van der Waals surface area contributed by atoms with E-state index in [1.54, 1.807) is 31.4 Å². The van der Waals surface area contributed by atoms with Crippen molar-refractivity contribution in [2.45, 2.75) is 0 Å². The molecular formula is C13H14ClN3O2. The van der Waals surface area contributed by atoms with Gasteiger partial charge in [0.2, 0.25) is 0 Å². The molecule has 0 bridgehead atoms. The number of carbonyl (C=O) groups excluding carboxylic acids is 1. The van der Waals surface area contributed by atoms with Gasteiger partial charge in [-0.3, -0.25) is 4.79 Å². The third-order valence-electron chi connectivity index (χ3n) is 2.22. The van der Waals surface area contributed by atoms with Crippen molar-refractivity contribution in [1.82, 2.24) is 5.32 Å². The molecule has 19 heavy (non-hydrogen) atoms. The topological polar surface area (TPSA) is 74.1 Å². The molecule has 5 nitrogen and oxygen atoms in total. The molecule has 0 atom stereocenters. The number of methoxy groups -OCH3 is 1. The number of ether oxygens (including phenoxy) is 1. The smallest absolute Gasteiger partial charge is 0.263 e. The summed E-state index contributed by atoms with van der Waals surface area (Å²) in [6.07, 6.45) is 1.35. The predicted octanol–water partition coefficient (Wildman–Crippen LogP) is 1.87. The molecule has 1 aromatic carbocycles. The van der Waals surface area contributed by atoms with Crippen LogP contribution in [0.25, 0.3) is 0 Å². The van der Waals surface area contributed by atoms with E-state index in [0.29, 0.717) is 12.4 Å². The summed E-state index contributed by atoms with van der Waals surface area (Å²) < 4.78 is 5.03. The quantitative estimate of drug-likeness (QED) is 0.474. The SMILES string of the molecule is COc1ccc(N/C=C(/C#N)C(=O)NCCCl)cc1. The van der Waals surface area contributed by atoms with E-state index in [1.165, 1.54) is 6.20 Å². The van der Waals surface area contributed by atoms with Crippen LogP contribution in [0.5, 0.6) is 5.75 Å². The van der Waals surface area contributed by atoms with Crippen molar-refractivity contribution in [3.8, 4) is 11.8 Å². The Morgan fingerprint density at radius 3 is 2.68 bits per heavy atom. The molecule has 0 radical (unpaired) electrons. The molecule has 0 heterocycles. The van der Waals surface area contributed by atoms with Crippen molar-refractivity contribution in [2.75, 3.05) is 24.9 Å². The van der Waals surface area contributed by atoms with E-state index in [2.05, 4.69) is 10.6 Å². The maximum atomic E-state index is 11.5. The summed E-state index contributed by atoms with van der Waals surface area (Å²) in [7, 11) is 1.58. The third-order valence-corrected chi connectivity index (χ3v) is 2.41. The van der Waals surface area contributed by atoms with Crippen molar-refractivity contribution in [2.24, 2.45) is 0 Å². The van der Waals surface area contributed by atoms with Crippen LogP contribution in [0.2, 0.25) is 0 Å². The highest BCUT2D eigenvalue weighted by Crippen LogP contribution is 2.15. The fourth-order valence-electron chi connectivity index (χ4n) is 1.25. The number of anilines is 1. The van der Waals surface area contributed by atoms with Crippen LogP contribution in [0, 0.1) is 11.3 Å². The molecule has 1 aromatic rings. The number of nitrogens with zero attached hydrogens (tertiary/aromatic N) is 1. The lowest BCUT2D eigenvalue weighted by Gasteiger charge is -2.04. The first-order chi connectivity index (χ1) is 9.21. The van der Waals surface area contributed by atoms with Gasteiger partial charge in [0, 0.05) is 24.3 Å². The van der Waals surface area contributed by atoms with Crippen molar-refractivity contribution < 1.29 is 9.53 Å². The minimum atomic E-state index is -0.454. The molecule has 0 aliphatic heterocycles. The Hall–Kier alpha value is -2.19. The molecule has 1 amide bonds. The van der Waals surface area contributed by atoms with Gasteiger partial charge >= 0.3 is 0 Å². The monoisotopic (exact) mass is 279 g/mol. The Kier molecular flexibility index (Phi) is 6.27. The van der Waals surface area contributed by atoms with Crippen LogP contribution < -0.4 is 15.4 Å².